The summed E-state index contributed by atoms with van der Waals surface area (Å²) in [6.45, 7) is 2.15. The van der Waals surface area contributed by atoms with Crippen LogP contribution in [0.15, 0.2) is 42.7 Å². The van der Waals surface area contributed by atoms with Crippen LogP contribution in [0.25, 0.3) is 0 Å². The van der Waals surface area contributed by atoms with Crippen LogP contribution in [0.1, 0.15) is 17.3 Å². The second-order valence-electron chi connectivity index (χ2n) is 6.07. The van der Waals surface area contributed by atoms with E-state index in [9.17, 15) is 9.59 Å². The molecule has 0 aliphatic rings. The molecule has 0 spiro atoms. The average molecular weight is 372 g/mol. The third-order valence-electron chi connectivity index (χ3n) is 3.62. The summed E-state index contributed by atoms with van der Waals surface area (Å²) in [6, 6.07) is 8.06. The number of nitrogens with one attached hydrogen (secondary N) is 2. The Bertz CT molecular complexity index is 781. The van der Waals surface area contributed by atoms with Crippen LogP contribution >= 0.6 is 0 Å². The Morgan fingerprint density at radius 3 is 2.67 bits per heavy atom. The van der Waals surface area contributed by atoms with E-state index < -0.39 is 6.03 Å². The predicted molar refractivity (Wildman–Crippen MR) is 102 cm³/mol. The van der Waals surface area contributed by atoms with Gasteiger partial charge >= 0.3 is 6.03 Å². The van der Waals surface area contributed by atoms with Gasteiger partial charge in [-0.2, -0.15) is 0 Å². The predicted octanol–water partition coefficient (Wildman–Crippen LogP) is 2.38. The fourth-order valence-electron chi connectivity index (χ4n) is 2.30. The molecule has 8 nitrogen and oxygen atoms in total. The quantitative estimate of drug-likeness (QED) is 0.778. The number of methoxy groups -OCH3 is 1. The van der Waals surface area contributed by atoms with Crippen molar-refractivity contribution in [3.63, 3.8) is 0 Å². The highest BCUT2D eigenvalue weighted by molar-refractivity contribution is 5.99. The van der Waals surface area contributed by atoms with Gasteiger partial charge in [-0.3, -0.25) is 9.78 Å². The normalized spacial score (nSPS) is 11.3. The lowest BCUT2D eigenvalue weighted by molar-refractivity contribution is 0.0824. The van der Waals surface area contributed by atoms with E-state index in [0.717, 1.165) is 0 Å². The number of hydrogen-bond donors (Lipinski definition) is 2. The molecule has 144 valence electrons. The van der Waals surface area contributed by atoms with Crippen LogP contribution in [0.4, 0.5) is 10.5 Å². The molecular formula is C19H24N4O4. The van der Waals surface area contributed by atoms with Crippen molar-refractivity contribution in [2.24, 2.45) is 0 Å². The lowest BCUT2D eigenvalue weighted by Gasteiger charge is -2.17. The Morgan fingerprint density at radius 2 is 2.04 bits per heavy atom. The molecule has 0 radical (unpaired) electrons. The Hall–Kier alpha value is -3.29. The molecule has 0 bridgehead atoms. The first kappa shape index (κ1) is 20.0. The summed E-state index contributed by atoms with van der Waals surface area (Å²) in [6.07, 6.45) is 3.03. The van der Waals surface area contributed by atoms with Gasteiger partial charge in [0.05, 0.1) is 25.4 Å². The number of amides is 3. The number of carbonyl (C=O) groups excluding carboxylic acids is 2. The van der Waals surface area contributed by atoms with E-state index in [1.54, 1.807) is 56.8 Å². The topological polar surface area (TPSA) is 92.8 Å². The monoisotopic (exact) mass is 372 g/mol. The van der Waals surface area contributed by atoms with E-state index >= 15 is 0 Å². The van der Waals surface area contributed by atoms with Gasteiger partial charge in [-0.15, -0.1) is 0 Å². The number of hydrogen-bond acceptors (Lipinski definition) is 5. The molecule has 0 aliphatic heterocycles. The van der Waals surface area contributed by atoms with Gasteiger partial charge in [0.25, 0.3) is 5.91 Å². The van der Waals surface area contributed by atoms with E-state index in [4.69, 9.17) is 9.47 Å². The number of urea groups is 1. The van der Waals surface area contributed by atoms with Crippen LogP contribution in [-0.4, -0.2) is 55.7 Å². The Morgan fingerprint density at radius 1 is 1.26 bits per heavy atom. The van der Waals surface area contributed by atoms with Crippen molar-refractivity contribution in [2.75, 3.05) is 33.1 Å². The smallest absolute Gasteiger partial charge is 0.319 e. The van der Waals surface area contributed by atoms with Crippen molar-refractivity contribution in [1.29, 1.82) is 0 Å². The van der Waals surface area contributed by atoms with Gasteiger partial charge in [-0.05, 0) is 37.3 Å². The highest BCUT2D eigenvalue weighted by Crippen LogP contribution is 2.23. The molecule has 2 aromatic rings. The first-order valence-corrected chi connectivity index (χ1v) is 8.42. The fourth-order valence-corrected chi connectivity index (χ4v) is 2.30. The van der Waals surface area contributed by atoms with Crippen LogP contribution < -0.4 is 20.1 Å². The zero-order chi connectivity index (χ0) is 19.8. The highest BCUT2D eigenvalue weighted by Gasteiger charge is 2.16. The van der Waals surface area contributed by atoms with Gasteiger partial charge in [0.2, 0.25) is 0 Å². The minimum Gasteiger partial charge on any atom is -0.496 e. The fraction of sp³-hybridized carbons (Fsp3) is 0.316. The van der Waals surface area contributed by atoms with Crippen molar-refractivity contribution in [3.05, 3.63) is 48.3 Å². The number of ether oxygens (including phenoxy) is 2. The van der Waals surface area contributed by atoms with E-state index in [-0.39, 0.29) is 12.0 Å². The average Bonchev–Trinajstić information content (AvgIpc) is 2.66. The number of benzene rings is 1. The summed E-state index contributed by atoms with van der Waals surface area (Å²) in [5.74, 6) is 0.863. The third kappa shape index (κ3) is 5.88. The van der Waals surface area contributed by atoms with Crippen LogP contribution in [0.3, 0.4) is 0 Å². The van der Waals surface area contributed by atoms with Gasteiger partial charge in [-0.1, -0.05) is 0 Å². The second-order valence-corrected chi connectivity index (χ2v) is 6.07. The molecule has 1 aromatic heterocycles. The molecule has 8 heteroatoms. The number of nitrogens with zero attached hydrogens (tertiary/aromatic N) is 2. The van der Waals surface area contributed by atoms with Crippen molar-refractivity contribution in [1.82, 2.24) is 15.2 Å². The number of carbonyl (C=O) groups is 2. The van der Waals surface area contributed by atoms with Crippen LogP contribution in [0.5, 0.6) is 11.5 Å². The van der Waals surface area contributed by atoms with Crippen LogP contribution in [-0.2, 0) is 0 Å². The van der Waals surface area contributed by atoms with E-state index in [1.165, 1.54) is 12.0 Å². The number of anilines is 1. The number of aromatic nitrogens is 1. The summed E-state index contributed by atoms with van der Waals surface area (Å²) in [7, 11) is 4.79. The van der Waals surface area contributed by atoms with Gasteiger partial charge < -0.3 is 25.0 Å². The van der Waals surface area contributed by atoms with Crippen LogP contribution in [0, 0.1) is 0 Å². The third-order valence-corrected chi connectivity index (χ3v) is 3.62. The zero-order valence-corrected chi connectivity index (χ0v) is 15.9. The molecule has 0 saturated heterocycles. The maximum atomic E-state index is 12.2. The second kappa shape index (κ2) is 9.42. The molecule has 1 heterocycles. The largest absolute Gasteiger partial charge is 0.496 e. The summed E-state index contributed by atoms with van der Waals surface area (Å²) in [5.41, 5.74) is 0.855. The lowest BCUT2D eigenvalue weighted by atomic mass is 10.1. The molecule has 27 heavy (non-hydrogen) atoms. The van der Waals surface area contributed by atoms with Gasteiger partial charge in [0, 0.05) is 26.0 Å². The highest BCUT2D eigenvalue weighted by atomic mass is 16.5. The SMILES string of the molecule is COc1ccc(NC(=O)NC[C@H](C)Oc2cccnc2)cc1C(=O)N(C)C. The molecule has 1 atom stereocenters. The molecule has 3 amide bonds. The minimum atomic E-state index is -0.398. The summed E-state index contributed by atoms with van der Waals surface area (Å²) in [5, 5.41) is 5.43. The first-order valence-electron chi connectivity index (χ1n) is 8.42. The van der Waals surface area contributed by atoms with Crippen molar-refractivity contribution < 1.29 is 19.1 Å². The molecular weight excluding hydrogens is 348 g/mol. The minimum absolute atomic E-state index is 0.214. The summed E-state index contributed by atoms with van der Waals surface area (Å²) in [4.78, 5) is 29.8. The Labute approximate surface area is 158 Å². The summed E-state index contributed by atoms with van der Waals surface area (Å²) >= 11 is 0. The van der Waals surface area contributed by atoms with Crippen LogP contribution in [0.2, 0.25) is 0 Å². The maximum absolute atomic E-state index is 12.2. The first-order chi connectivity index (χ1) is 12.9. The molecule has 0 aliphatic carbocycles. The summed E-state index contributed by atoms with van der Waals surface area (Å²) < 4.78 is 10.9. The molecule has 0 fully saturated rings. The van der Waals surface area contributed by atoms with Gasteiger partial charge in [-0.25, -0.2) is 4.79 Å². The molecule has 0 unspecified atom stereocenters. The number of rotatable bonds is 7. The molecule has 1 aromatic carbocycles. The molecule has 0 saturated carbocycles. The Balaban J connectivity index is 1.93. The van der Waals surface area contributed by atoms with Gasteiger partial charge in [0.1, 0.15) is 17.6 Å². The number of pyridine rings is 1. The Kier molecular flexibility index (Phi) is 6.99. The van der Waals surface area contributed by atoms with Crippen molar-refractivity contribution in [2.45, 2.75) is 13.0 Å². The van der Waals surface area contributed by atoms with E-state index in [0.29, 0.717) is 29.3 Å². The van der Waals surface area contributed by atoms with E-state index in [2.05, 4.69) is 15.6 Å². The van der Waals surface area contributed by atoms with E-state index in [1.807, 2.05) is 6.92 Å². The lowest BCUT2D eigenvalue weighted by Crippen LogP contribution is -2.36. The van der Waals surface area contributed by atoms with Crippen molar-refractivity contribution in [3.8, 4) is 11.5 Å². The van der Waals surface area contributed by atoms with Gasteiger partial charge in [0.15, 0.2) is 0 Å². The maximum Gasteiger partial charge on any atom is 0.319 e. The molecule has 2 rings (SSSR count). The standard InChI is InChI=1S/C19H24N4O4/c1-13(27-15-6-5-9-20-12-15)11-21-19(25)22-14-7-8-17(26-4)16(10-14)18(24)23(2)3/h5-10,12-13H,11H2,1-4H3,(H2,21,22,25)/t13-/m0/s1. The molecule has 2 N–H and O–H groups in total. The van der Waals surface area contributed by atoms with Crippen molar-refractivity contribution >= 4 is 17.6 Å². The zero-order valence-electron chi connectivity index (χ0n) is 15.9.